The molecule has 0 unspecified atom stereocenters. The highest BCUT2D eigenvalue weighted by molar-refractivity contribution is 9.10. The molecule has 0 saturated heterocycles. The maximum absolute atomic E-state index is 5.90. The average Bonchev–Trinajstić information content (AvgIpc) is 2.09. The smallest absolute Gasteiger partial charge is 0.0363 e. The Hall–Kier alpha value is -0.800. The summed E-state index contributed by atoms with van der Waals surface area (Å²) in [6.07, 6.45) is 2.53. The second-order valence-corrected chi connectivity index (χ2v) is 3.82. The highest BCUT2D eigenvalue weighted by atomic mass is 79.9. The number of hydrogen-bond acceptors (Lipinski definition) is 2. The molecule has 2 nitrogen and oxygen atoms in total. The molecule has 0 aliphatic carbocycles. The lowest BCUT2D eigenvalue weighted by atomic mass is 10.0. The van der Waals surface area contributed by atoms with Crippen LogP contribution in [0.5, 0.6) is 0 Å². The van der Waals surface area contributed by atoms with Crippen LogP contribution in [0, 0.1) is 0 Å². The van der Waals surface area contributed by atoms with Crippen molar-refractivity contribution in [3.05, 3.63) is 40.9 Å². The van der Waals surface area contributed by atoms with Gasteiger partial charge in [-0.1, -0.05) is 22.0 Å². The van der Waals surface area contributed by atoms with Crippen LogP contribution >= 0.6 is 15.9 Å². The van der Waals surface area contributed by atoms with Crippen LogP contribution in [0.2, 0.25) is 0 Å². The molecule has 70 valence electrons. The predicted molar refractivity (Wildman–Crippen MR) is 60.3 cm³/mol. The zero-order valence-electron chi connectivity index (χ0n) is 7.33. The minimum Gasteiger partial charge on any atom is -0.398 e. The van der Waals surface area contributed by atoms with E-state index in [2.05, 4.69) is 22.5 Å². The Morgan fingerprint density at radius 3 is 2.85 bits per heavy atom. The van der Waals surface area contributed by atoms with Crippen molar-refractivity contribution in [1.82, 2.24) is 0 Å². The molecule has 0 saturated carbocycles. The van der Waals surface area contributed by atoms with Crippen molar-refractivity contribution in [3.63, 3.8) is 0 Å². The molecular weight excluding hydrogens is 228 g/mol. The largest absolute Gasteiger partial charge is 0.398 e. The first kappa shape index (κ1) is 10.3. The Labute approximate surface area is 86.7 Å². The number of rotatable bonds is 3. The van der Waals surface area contributed by atoms with Crippen LogP contribution in [-0.4, -0.2) is 0 Å². The molecular formula is C10H13BrN2. The normalized spacial score (nSPS) is 12.5. The first-order valence-corrected chi connectivity index (χ1v) is 4.86. The van der Waals surface area contributed by atoms with Gasteiger partial charge in [0.2, 0.25) is 0 Å². The van der Waals surface area contributed by atoms with E-state index in [1.807, 2.05) is 18.2 Å². The molecule has 4 N–H and O–H groups in total. The lowest BCUT2D eigenvalue weighted by Crippen LogP contribution is -2.11. The van der Waals surface area contributed by atoms with Crippen LogP contribution in [0.4, 0.5) is 5.69 Å². The van der Waals surface area contributed by atoms with Crippen LogP contribution in [-0.2, 0) is 0 Å². The van der Waals surface area contributed by atoms with E-state index in [9.17, 15) is 0 Å². The van der Waals surface area contributed by atoms with Crippen molar-refractivity contribution >= 4 is 21.6 Å². The van der Waals surface area contributed by atoms with Gasteiger partial charge < -0.3 is 11.5 Å². The third kappa shape index (κ3) is 2.57. The average molecular weight is 241 g/mol. The highest BCUT2D eigenvalue weighted by Gasteiger charge is 2.07. The second-order valence-electron chi connectivity index (χ2n) is 2.90. The van der Waals surface area contributed by atoms with Crippen LogP contribution in [0.1, 0.15) is 18.0 Å². The second kappa shape index (κ2) is 4.44. The predicted octanol–water partition coefficient (Wildman–Crippen LogP) is 2.61. The minimum absolute atomic E-state index is 0.0602. The van der Waals surface area contributed by atoms with Gasteiger partial charge in [0.25, 0.3) is 0 Å². The quantitative estimate of drug-likeness (QED) is 0.631. The van der Waals surface area contributed by atoms with Crippen molar-refractivity contribution in [3.8, 4) is 0 Å². The Kier molecular flexibility index (Phi) is 3.51. The Balaban J connectivity index is 2.97. The third-order valence-electron chi connectivity index (χ3n) is 1.87. The molecule has 1 atom stereocenters. The summed E-state index contributed by atoms with van der Waals surface area (Å²) in [5.74, 6) is 0. The summed E-state index contributed by atoms with van der Waals surface area (Å²) < 4.78 is 0.996. The first-order valence-electron chi connectivity index (χ1n) is 4.06. The summed E-state index contributed by atoms with van der Waals surface area (Å²) in [4.78, 5) is 0. The van der Waals surface area contributed by atoms with Gasteiger partial charge in [0, 0.05) is 16.2 Å². The van der Waals surface area contributed by atoms with Crippen molar-refractivity contribution in [2.24, 2.45) is 5.73 Å². The number of anilines is 1. The number of hydrogen-bond donors (Lipinski definition) is 2. The molecule has 0 radical (unpaired) electrons. The SMILES string of the molecule is C=CC[C@@H](N)c1cc(Br)ccc1N. The number of benzene rings is 1. The zero-order valence-corrected chi connectivity index (χ0v) is 8.92. The maximum Gasteiger partial charge on any atom is 0.0363 e. The fourth-order valence-electron chi connectivity index (χ4n) is 1.17. The summed E-state index contributed by atoms with van der Waals surface area (Å²) in [5, 5.41) is 0. The zero-order chi connectivity index (χ0) is 9.84. The maximum atomic E-state index is 5.90. The van der Waals surface area contributed by atoms with Gasteiger partial charge in [-0.25, -0.2) is 0 Å². The lowest BCUT2D eigenvalue weighted by molar-refractivity contribution is 0.744. The molecule has 0 fully saturated rings. The van der Waals surface area contributed by atoms with E-state index < -0.39 is 0 Å². The van der Waals surface area contributed by atoms with Gasteiger partial charge in [-0.15, -0.1) is 6.58 Å². The standard InChI is InChI=1S/C10H13BrN2/c1-2-3-9(12)8-6-7(11)4-5-10(8)13/h2,4-6,9H,1,3,12-13H2/t9-/m1/s1. The van der Waals surface area contributed by atoms with Crippen molar-refractivity contribution in [2.45, 2.75) is 12.5 Å². The van der Waals surface area contributed by atoms with Gasteiger partial charge in [0.05, 0.1) is 0 Å². The minimum atomic E-state index is -0.0602. The van der Waals surface area contributed by atoms with Crippen LogP contribution in [0.3, 0.4) is 0 Å². The Morgan fingerprint density at radius 1 is 1.54 bits per heavy atom. The first-order chi connectivity index (χ1) is 6.15. The van der Waals surface area contributed by atoms with Crippen molar-refractivity contribution in [1.29, 1.82) is 0 Å². The molecule has 0 bridgehead atoms. The molecule has 0 amide bonds. The summed E-state index contributed by atoms with van der Waals surface area (Å²) in [6, 6.07) is 5.64. The van der Waals surface area contributed by atoms with E-state index in [1.54, 1.807) is 6.08 Å². The molecule has 0 aliphatic heterocycles. The van der Waals surface area contributed by atoms with E-state index in [0.29, 0.717) is 0 Å². The van der Waals surface area contributed by atoms with Gasteiger partial charge in [-0.3, -0.25) is 0 Å². The summed E-state index contributed by atoms with van der Waals surface area (Å²) >= 11 is 3.38. The molecule has 0 aliphatic rings. The lowest BCUT2D eigenvalue weighted by Gasteiger charge is -2.12. The molecule has 1 aromatic rings. The van der Waals surface area contributed by atoms with Gasteiger partial charge in [0.1, 0.15) is 0 Å². The van der Waals surface area contributed by atoms with Crippen LogP contribution in [0.25, 0.3) is 0 Å². The molecule has 0 spiro atoms. The molecule has 13 heavy (non-hydrogen) atoms. The van der Waals surface area contributed by atoms with E-state index in [-0.39, 0.29) is 6.04 Å². The van der Waals surface area contributed by atoms with Crippen molar-refractivity contribution < 1.29 is 0 Å². The number of nitrogen functional groups attached to an aromatic ring is 1. The van der Waals surface area contributed by atoms with Gasteiger partial charge >= 0.3 is 0 Å². The van der Waals surface area contributed by atoms with Crippen LogP contribution < -0.4 is 11.5 Å². The number of nitrogens with two attached hydrogens (primary N) is 2. The fraction of sp³-hybridized carbons (Fsp3) is 0.200. The topological polar surface area (TPSA) is 52.0 Å². The number of halogens is 1. The molecule has 1 aromatic carbocycles. The third-order valence-corrected chi connectivity index (χ3v) is 2.36. The van der Waals surface area contributed by atoms with E-state index >= 15 is 0 Å². The molecule has 0 aromatic heterocycles. The van der Waals surface area contributed by atoms with E-state index in [0.717, 1.165) is 22.1 Å². The van der Waals surface area contributed by atoms with Gasteiger partial charge in [-0.05, 0) is 30.2 Å². The monoisotopic (exact) mass is 240 g/mol. The molecule has 1 rings (SSSR count). The summed E-state index contributed by atoms with van der Waals surface area (Å²) in [5.41, 5.74) is 13.4. The molecule has 3 heteroatoms. The molecule has 0 heterocycles. The van der Waals surface area contributed by atoms with Gasteiger partial charge in [-0.2, -0.15) is 0 Å². The van der Waals surface area contributed by atoms with E-state index in [4.69, 9.17) is 11.5 Å². The van der Waals surface area contributed by atoms with Crippen molar-refractivity contribution in [2.75, 3.05) is 5.73 Å². The summed E-state index contributed by atoms with van der Waals surface area (Å²) in [7, 11) is 0. The highest BCUT2D eigenvalue weighted by Crippen LogP contribution is 2.24. The Bertz CT molecular complexity index is 310. The summed E-state index contributed by atoms with van der Waals surface area (Å²) in [6.45, 7) is 3.65. The van der Waals surface area contributed by atoms with Gasteiger partial charge in [0.15, 0.2) is 0 Å². The van der Waals surface area contributed by atoms with Crippen LogP contribution in [0.15, 0.2) is 35.3 Å². The van der Waals surface area contributed by atoms with E-state index in [1.165, 1.54) is 0 Å². The Morgan fingerprint density at radius 2 is 2.23 bits per heavy atom. The fourth-order valence-corrected chi connectivity index (χ4v) is 1.55.